The van der Waals surface area contributed by atoms with Crippen LogP contribution in [0.2, 0.25) is 5.02 Å². The van der Waals surface area contributed by atoms with Crippen molar-refractivity contribution in [2.45, 2.75) is 6.92 Å². The van der Waals surface area contributed by atoms with Gasteiger partial charge in [-0.25, -0.2) is 0 Å². The molecule has 0 spiro atoms. The van der Waals surface area contributed by atoms with Crippen molar-refractivity contribution in [1.82, 2.24) is 0 Å². The molecule has 0 bridgehead atoms. The summed E-state index contributed by atoms with van der Waals surface area (Å²) in [5.41, 5.74) is 2.33. The van der Waals surface area contributed by atoms with Crippen molar-refractivity contribution in [2.24, 2.45) is 0 Å². The minimum atomic E-state index is 0.801. The van der Waals surface area contributed by atoms with E-state index in [1.807, 2.05) is 31.3 Å². The lowest BCUT2D eigenvalue weighted by Gasteiger charge is -2.10. The average molecular weight is 206 g/mol. The van der Waals surface area contributed by atoms with Crippen molar-refractivity contribution in [3.05, 3.63) is 40.9 Å². The van der Waals surface area contributed by atoms with E-state index >= 15 is 0 Å². The molecule has 0 aliphatic heterocycles. The highest BCUT2D eigenvalue weighted by molar-refractivity contribution is 6.36. The van der Waals surface area contributed by atoms with Crippen molar-refractivity contribution in [3.63, 3.8) is 0 Å². The van der Waals surface area contributed by atoms with E-state index in [-0.39, 0.29) is 0 Å². The molecule has 0 aliphatic carbocycles. The predicted octanol–water partition coefficient (Wildman–Crippen LogP) is 3.84. The SMILES string of the molecule is CNc1cc(Cl)c2ccccc2c1C. The largest absolute Gasteiger partial charge is 0.388 e. The summed E-state index contributed by atoms with van der Waals surface area (Å²) in [5.74, 6) is 0. The third kappa shape index (κ3) is 1.34. The van der Waals surface area contributed by atoms with Crippen molar-refractivity contribution < 1.29 is 0 Å². The molecule has 2 aromatic carbocycles. The van der Waals surface area contributed by atoms with Crippen LogP contribution in [-0.2, 0) is 0 Å². The van der Waals surface area contributed by atoms with Crippen LogP contribution in [0.1, 0.15) is 5.56 Å². The maximum Gasteiger partial charge on any atom is 0.0505 e. The Morgan fingerprint density at radius 2 is 1.79 bits per heavy atom. The molecule has 0 heterocycles. The standard InChI is InChI=1S/C12H12ClN/c1-8-9-5-3-4-6-10(9)11(13)7-12(8)14-2/h3-7,14H,1-2H3. The summed E-state index contributed by atoms with van der Waals surface area (Å²) < 4.78 is 0. The second-order valence-electron chi connectivity index (χ2n) is 3.33. The minimum Gasteiger partial charge on any atom is -0.388 e. The molecule has 72 valence electrons. The number of rotatable bonds is 1. The van der Waals surface area contributed by atoms with Gasteiger partial charge in [0.2, 0.25) is 0 Å². The van der Waals surface area contributed by atoms with Gasteiger partial charge in [0.05, 0.1) is 5.02 Å². The summed E-state index contributed by atoms with van der Waals surface area (Å²) >= 11 is 6.17. The van der Waals surface area contributed by atoms with Crippen molar-refractivity contribution in [3.8, 4) is 0 Å². The molecule has 1 N–H and O–H groups in total. The van der Waals surface area contributed by atoms with Crippen LogP contribution < -0.4 is 5.32 Å². The maximum atomic E-state index is 6.17. The summed E-state index contributed by atoms with van der Waals surface area (Å²) in [6.45, 7) is 2.10. The summed E-state index contributed by atoms with van der Waals surface area (Å²) in [4.78, 5) is 0. The number of fused-ring (bicyclic) bond motifs is 1. The quantitative estimate of drug-likeness (QED) is 0.746. The number of benzene rings is 2. The molecule has 0 amide bonds. The molecule has 2 aromatic rings. The maximum absolute atomic E-state index is 6.17. The van der Waals surface area contributed by atoms with E-state index in [0.29, 0.717) is 0 Å². The van der Waals surface area contributed by atoms with Gasteiger partial charge < -0.3 is 5.32 Å². The molecule has 14 heavy (non-hydrogen) atoms. The lowest BCUT2D eigenvalue weighted by atomic mass is 10.0. The molecule has 0 saturated heterocycles. The first-order chi connectivity index (χ1) is 6.74. The molecule has 0 unspecified atom stereocenters. The number of halogens is 1. The first-order valence-corrected chi connectivity index (χ1v) is 4.97. The molecule has 0 atom stereocenters. The molecular weight excluding hydrogens is 194 g/mol. The van der Waals surface area contributed by atoms with Gasteiger partial charge in [0.1, 0.15) is 0 Å². The van der Waals surface area contributed by atoms with E-state index in [9.17, 15) is 0 Å². The third-order valence-corrected chi connectivity index (χ3v) is 2.85. The first kappa shape index (κ1) is 9.35. The Labute approximate surface area is 88.7 Å². The minimum absolute atomic E-state index is 0.801. The molecule has 0 aliphatic rings. The molecule has 1 nitrogen and oxygen atoms in total. The second-order valence-corrected chi connectivity index (χ2v) is 3.73. The average Bonchev–Trinajstić information content (AvgIpc) is 2.23. The van der Waals surface area contributed by atoms with Crippen LogP contribution in [0.3, 0.4) is 0 Å². The van der Waals surface area contributed by atoms with E-state index in [0.717, 1.165) is 16.1 Å². The fourth-order valence-electron chi connectivity index (χ4n) is 1.74. The smallest absolute Gasteiger partial charge is 0.0505 e. The van der Waals surface area contributed by atoms with Crippen LogP contribution in [0.5, 0.6) is 0 Å². The van der Waals surface area contributed by atoms with Gasteiger partial charge in [0.15, 0.2) is 0 Å². The summed E-state index contributed by atoms with van der Waals surface area (Å²) in [7, 11) is 1.91. The summed E-state index contributed by atoms with van der Waals surface area (Å²) in [5, 5.41) is 6.27. The number of nitrogens with one attached hydrogen (secondary N) is 1. The molecule has 2 heteroatoms. The van der Waals surface area contributed by atoms with Crippen molar-refractivity contribution in [1.29, 1.82) is 0 Å². The van der Waals surface area contributed by atoms with Gasteiger partial charge in [-0.1, -0.05) is 35.9 Å². The Morgan fingerprint density at radius 3 is 2.43 bits per heavy atom. The summed E-state index contributed by atoms with van der Waals surface area (Å²) in [6.07, 6.45) is 0. The van der Waals surface area contributed by atoms with E-state index in [4.69, 9.17) is 11.6 Å². The van der Waals surface area contributed by atoms with Gasteiger partial charge in [-0.15, -0.1) is 0 Å². The predicted molar refractivity (Wildman–Crippen MR) is 63.2 cm³/mol. The van der Waals surface area contributed by atoms with Gasteiger partial charge >= 0.3 is 0 Å². The van der Waals surface area contributed by atoms with E-state index in [1.54, 1.807) is 0 Å². The van der Waals surface area contributed by atoms with Gasteiger partial charge in [-0.05, 0) is 23.9 Å². The van der Waals surface area contributed by atoms with E-state index in [1.165, 1.54) is 10.9 Å². The van der Waals surface area contributed by atoms with Crippen molar-refractivity contribution >= 4 is 28.1 Å². The molecule has 0 radical (unpaired) electrons. The second kappa shape index (κ2) is 3.50. The Morgan fingerprint density at radius 1 is 1.14 bits per heavy atom. The normalized spacial score (nSPS) is 10.5. The van der Waals surface area contributed by atoms with Crippen molar-refractivity contribution in [2.75, 3.05) is 12.4 Å². The van der Waals surface area contributed by atoms with Crippen LogP contribution >= 0.6 is 11.6 Å². The monoisotopic (exact) mass is 205 g/mol. The zero-order chi connectivity index (χ0) is 10.1. The van der Waals surface area contributed by atoms with E-state index < -0.39 is 0 Å². The Hall–Kier alpha value is -1.21. The van der Waals surface area contributed by atoms with Crippen LogP contribution in [0, 0.1) is 6.92 Å². The Balaban J connectivity index is 2.87. The van der Waals surface area contributed by atoms with Crippen LogP contribution in [0.15, 0.2) is 30.3 Å². The number of anilines is 1. The zero-order valence-electron chi connectivity index (χ0n) is 8.26. The molecular formula is C12H12ClN. The first-order valence-electron chi connectivity index (χ1n) is 4.59. The number of hydrogen-bond donors (Lipinski definition) is 1. The Bertz CT molecular complexity index is 477. The molecule has 2 rings (SSSR count). The number of hydrogen-bond acceptors (Lipinski definition) is 1. The van der Waals surface area contributed by atoms with Gasteiger partial charge in [-0.2, -0.15) is 0 Å². The van der Waals surface area contributed by atoms with E-state index in [2.05, 4.69) is 18.3 Å². The fraction of sp³-hybridized carbons (Fsp3) is 0.167. The lowest BCUT2D eigenvalue weighted by molar-refractivity contribution is 1.44. The summed E-state index contributed by atoms with van der Waals surface area (Å²) in [6, 6.07) is 10.2. The van der Waals surface area contributed by atoms with Gasteiger partial charge in [0, 0.05) is 18.1 Å². The highest BCUT2D eigenvalue weighted by atomic mass is 35.5. The number of aryl methyl sites for hydroxylation is 1. The Kier molecular flexibility index (Phi) is 2.34. The highest BCUT2D eigenvalue weighted by Gasteiger charge is 2.05. The molecule has 0 fully saturated rings. The lowest BCUT2D eigenvalue weighted by Crippen LogP contribution is -1.92. The van der Waals surface area contributed by atoms with Crippen LogP contribution in [-0.4, -0.2) is 7.05 Å². The van der Waals surface area contributed by atoms with Gasteiger partial charge in [-0.3, -0.25) is 0 Å². The fourth-order valence-corrected chi connectivity index (χ4v) is 2.01. The topological polar surface area (TPSA) is 12.0 Å². The highest BCUT2D eigenvalue weighted by Crippen LogP contribution is 2.31. The zero-order valence-corrected chi connectivity index (χ0v) is 9.02. The third-order valence-electron chi connectivity index (χ3n) is 2.53. The molecule has 0 saturated carbocycles. The van der Waals surface area contributed by atoms with Crippen LogP contribution in [0.25, 0.3) is 10.8 Å². The molecule has 0 aromatic heterocycles. The van der Waals surface area contributed by atoms with Crippen LogP contribution in [0.4, 0.5) is 5.69 Å². The van der Waals surface area contributed by atoms with Gasteiger partial charge in [0.25, 0.3) is 0 Å².